The molecule has 0 bridgehead atoms. The van der Waals surface area contributed by atoms with Crippen molar-refractivity contribution in [2.75, 3.05) is 14.1 Å². The molecule has 1 N–H and O–H groups in total. The highest BCUT2D eigenvalue weighted by Gasteiger charge is 2.23. The smallest absolute Gasteiger partial charge is 0.217 e. The van der Waals surface area contributed by atoms with Crippen LogP contribution in [0.3, 0.4) is 0 Å². The van der Waals surface area contributed by atoms with E-state index in [0.717, 1.165) is 12.0 Å². The van der Waals surface area contributed by atoms with Gasteiger partial charge in [-0.2, -0.15) is 0 Å². The lowest BCUT2D eigenvalue weighted by Crippen LogP contribution is -2.37. The summed E-state index contributed by atoms with van der Waals surface area (Å²) in [6, 6.07) is 0.117. The Morgan fingerprint density at radius 3 is 2.73 bits per heavy atom. The van der Waals surface area contributed by atoms with Gasteiger partial charge in [0.05, 0.1) is 0 Å². The highest BCUT2D eigenvalue weighted by molar-refractivity contribution is 5.96. The molecular formula is C11H18N2O2. The van der Waals surface area contributed by atoms with E-state index in [0.29, 0.717) is 12.8 Å². The van der Waals surface area contributed by atoms with Crippen LogP contribution in [0, 0.1) is 0 Å². The van der Waals surface area contributed by atoms with Gasteiger partial charge in [-0.3, -0.25) is 9.59 Å². The van der Waals surface area contributed by atoms with E-state index in [9.17, 15) is 9.59 Å². The summed E-state index contributed by atoms with van der Waals surface area (Å²) in [6.45, 7) is 1.51. The molecule has 0 spiro atoms. The fraction of sp³-hybridized carbons (Fsp3) is 0.636. The number of rotatable bonds is 2. The Bertz CT molecular complexity index is 295. The van der Waals surface area contributed by atoms with Crippen molar-refractivity contribution < 1.29 is 9.59 Å². The van der Waals surface area contributed by atoms with Crippen LogP contribution in [0.4, 0.5) is 0 Å². The van der Waals surface area contributed by atoms with Gasteiger partial charge in [0.25, 0.3) is 0 Å². The summed E-state index contributed by atoms with van der Waals surface area (Å²) in [5, 5.41) is 2.85. The molecule has 0 aromatic carbocycles. The molecule has 4 nitrogen and oxygen atoms in total. The van der Waals surface area contributed by atoms with Crippen LogP contribution in [0.2, 0.25) is 0 Å². The van der Waals surface area contributed by atoms with Crippen molar-refractivity contribution in [3.63, 3.8) is 0 Å². The molecule has 1 aliphatic carbocycles. The van der Waals surface area contributed by atoms with E-state index >= 15 is 0 Å². The Hall–Kier alpha value is -1.32. The van der Waals surface area contributed by atoms with Gasteiger partial charge in [0, 0.05) is 45.3 Å². The number of nitrogens with zero attached hydrogens (tertiary/aromatic N) is 1. The third kappa shape index (κ3) is 3.73. The number of hydrogen-bond acceptors (Lipinski definition) is 3. The summed E-state index contributed by atoms with van der Waals surface area (Å²) in [5.74, 6) is 0.170. The molecule has 84 valence electrons. The minimum atomic E-state index is -0.0291. The van der Waals surface area contributed by atoms with Gasteiger partial charge in [0.2, 0.25) is 5.91 Å². The number of hydrogen-bond donors (Lipinski definition) is 1. The van der Waals surface area contributed by atoms with Crippen molar-refractivity contribution in [2.24, 2.45) is 0 Å². The molecule has 1 rings (SSSR count). The molecule has 1 atom stereocenters. The van der Waals surface area contributed by atoms with Gasteiger partial charge >= 0.3 is 0 Å². The van der Waals surface area contributed by atoms with Crippen LogP contribution in [0.1, 0.15) is 26.2 Å². The predicted molar refractivity (Wildman–Crippen MR) is 58.2 cm³/mol. The lowest BCUT2D eigenvalue weighted by atomic mass is 9.90. The minimum absolute atomic E-state index is 0.0291. The molecule has 0 saturated heterocycles. The first-order valence-corrected chi connectivity index (χ1v) is 5.16. The Balaban J connectivity index is 2.64. The average Bonchev–Trinajstić information content (AvgIpc) is 2.09. The van der Waals surface area contributed by atoms with Gasteiger partial charge < -0.3 is 10.2 Å². The average molecular weight is 210 g/mol. The van der Waals surface area contributed by atoms with Gasteiger partial charge in [-0.25, -0.2) is 0 Å². The van der Waals surface area contributed by atoms with Crippen molar-refractivity contribution in [3.05, 3.63) is 11.8 Å². The van der Waals surface area contributed by atoms with Crippen LogP contribution < -0.4 is 5.32 Å². The molecule has 0 aromatic heterocycles. The van der Waals surface area contributed by atoms with E-state index in [2.05, 4.69) is 5.32 Å². The second-order valence-corrected chi connectivity index (χ2v) is 4.18. The summed E-state index contributed by atoms with van der Waals surface area (Å²) >= 11 is 0. The molecule has 0 unspecified atom stereocenters. The maximum absolute atomic E-state index is 11.6. The van der Waals surface area contributed by atoms with E-state index in [1.165, 1.54) is 6.92 Å². The Labute approximate surface area is 90.3 Å². The first kappa shape index (κ1) is 11.8. The second kappa shape index (κ2) is 4.96. The van der Waals surface area contributed by atoms with Crippen molar-refractivity contribution in [1.82, 2.24) is 10.2 Å². The fourth-order valence-electron chi connectivity index (χ4n) is 1.79. The van der Waals surface area contributed by atoms with Crippen LogP contribution in [-0.2, 0) is 9.59 Å². The molecule has 4 heteroatoms. The lowest BCUT2D eigenvalue weighted by molar-refractivity contribution is -0.121. The van der Waals surface area contributed by atoms with Crippen LogP contribution in [-0.4, -0.2) is 36.7 Å². The Kier molecular flexibility index (Phi) is 3.88. The number of Topliss-reactive ketones (excluding diaryl/α,β-unsaturated/α-hetero) is 1. The maximum Gasteiger partial charge on any atom is 0.217 e. The fourth-order valence-corrected chi connectivity index (χ4v) is 1.79. The third-order valence-corrected chi connectivity index (χ3v) is 2.37. The number of nitrogens with one attached hydrogen (secondary N) is 1. The monoisotopic (exact) mass is 210 g/mol. The van der Waals surface area contributed by atoms with E-state index in [1.54, 1.807) is 0 Å². The SMILES string of the molecule is CC(=O)N[C@@H]1CCC(=O)/C(=C/N(C)C)C1. The highest BCUT2D eigenvalue weighted by Crippen LogP contribution is 2.20. The molecule has 1 saturated carbocycles. The molecule has 0 aliphatic heterocycles. The molecule has 0 heterocycles. The Morgan fingerprint density at radius 2 is 2.20 bits per heavy atom. The standard InChI is InChI=1S/C11H18N2O2/c1-8(14)12-10-4-5-11(15)9(6-10)7-13(2)3/h7,10H,4-6H2,1-3H3,(H,12,14)/b9-7+/t10-/m1/s1. The number of carbonyl (C=O) groups is 2. The Morgan fingerprint density at radius 1 is 1.53 bits per heavy atom. The third-order valence-electron chi connectivity index (χ3n) is 2.37. The van der Waals surface area contributed by atoms with Crippen LogP contribution in [0.25, 0.3) is 0 Å². The largest absolute Gasteiger partial charge is 0.383 e. The molecule has 15 heavy (non-hydrogen) atoms. The zero-order chi connectivity index (χ0) is 11.4. The van der Waals surface area contributed by atoms with Crippen molar-refractivity contribution in [1.29, 1.82) is 0 Å². The summed E-state index contributed by atoms with van der Waals surface area (Å²) in [7, 11) is 3.78. The highest BCUT2D eigenvalue weighted by atomic mass is 16.1. The minimum Gasteiger partial charge on any atom is -0.383 e. The normalized spacial score (nSPS) is 24.1. The van der Waals surface area contributed by atoms with Gasteiger partial charge in [-0.1, -0.05) is 0 Å². The molecule has 0 radical (unpaired) electrons. The topological polar surface area (TPSA) is 49.4 Å². The van der Waals surface area contributed by atoms with E-state index in [1.807, 2.05) is 25.2 Å². The van der Waals surface area contributed by atoms with E-state index in [4.69, 9.17) is 0 Å². The summed E-state index contributed by atoms with van der Waals surface area (Å²) in [4.78, 5) is 24.3. The summed E-state index contributed by atoms with van der Waals surface area (Å²) in [5.41, 5.74) is 0.810. The van der Waals surface area contributed by atoms with Crippen molar-refractivity contribution >= 4 is 11.7 Å². The zero-order valence-corrected chi connectivity index (χ0v) is 9.54. The molecule has 1 fully saturated rings. The number of ketones is 1. The maximum atomic E-state index is 11.6. The van der Waals surface area contributed by atoms with Crippen molar-refractivity contribution in [3.8, 4) is 0 Å². The van der Waals surface area contributed by atoms with Gasteiger partial charge in [0.15, 0.2) is 5.78 Å². The van der Waals surface area contributed by atoms with Crippen LogP contribution >= 0.6 is 0 Å². The van der Waals surface area contributed by atoms with Gasteiger partial charge in [0.1, 0.15) is 0 Å². The van der Waals surface area contributed by atoms with Crippen molar-refractivity contribution in [2.45, 2.75) is 32.2 Å². The molecular weight excluding hydrogens is 192 g/mol. The summed E-state index contributed by atoms with van der Waals surface area (Å²) in [6.07, 6.45) is 3.78. The quantitative estimate of drug-likeness (QED) is 0.682. The van der Waals surface area contributed by atoms with Gasteiger partial charge in [-0.15, -0.1) is 0 Å². The lowest BCUT2D eigenvalue weighted by Gasteiger charge is -2.24. The molecule has 1 amide bonds. The van der Waals surface area contributed by atoms with Crippen LogP contribution in [0.5, 0.6) is 0 Å². The molecule has 1 aliphatic rings. The van der Waals surface area contributed by atoms with E-state index < -0.39 is 0 Å². The van der Waals surface area contributed by atoms with E-state index in [-0.39, 0.29) is 17.7 Å². The first-order valence-electron chi connectivity index (χ1n) is 5.16. The summed E-state index contributed by atoms with van der Waals surface area (Å²) < 4.78 is 0. The number of carbonyl (C=O) groups excluding carboxylic acids is 2. The van der Waals surface area contributed by atoms with Crippen LogP contribution in [0.15, 0.2) is 11.8 Å². The predicted octanol–water partition coefficient (Wildman–Crippen LogP) is 0.690. The molecule has 0 aromatic rings. The number of amides is 1. The second-order valence-electron chi connectivity index (χ2n) is 4.18. The first-order chi connectivity index (χ1) is 6.99. The van der Waals surface area contributed by atoms with Gasteiger partial charge in [-0.05, 0) is 12.8 Å². The zero-order valence-electron chi connectivity index (χ0n) is 9.54.